The molecule has 1 unspecified atom stereocenters. The van der Waals surface area contributed by atoms with Crippen molar-refractivity contribution in [1.82, 2.24) is 9.78 Å². The van der Waals surface area contributed by atoms with Crippen LogP contribution >= 0.6 is 0 Å². The fourth-order valence-corrected chi connectivity index (χ4v) is 4.10. The number of hydrogen-bond donors (Lipinski definition) is 0. The van der Waals surface area contributed by atoms with E-state index in [1.165, 1.54) is 4.90 Å². The molecule has 0 spiro atoms. The number of nitrogens with zero attached hydrogens (tertiary/aromatic N) is 3. The van der Waals surface area contributed by atoms with Gasteiger partial charge < -0.3 is 0 Å². The third-order valence-corrected chi connectivity index (χ3v) is 5.49. The van der Waals surface area contributed by atoms with E-state index in [2.05, 4.69) is 5.10 Å². The molecule has 2 heterocycles. The highest BCUT2D eigenvalue weighted by Gasteiger charge is 2.37. The lowest BCUT2D eigenvalue weighted by molar-refractivity contribution is -0.117. The zero-order valence-corrected chi connectivity index (χ0v) is 14.3. The van der Waals surface area contributed by atoms with Gasteiger partial charge in [-0.25, -0.2) is 4.68 Å². The van der Waals surface area contributed by atoms with Gasteiger partial charge in [-0.15, -0.1) is 3.89 Å². The van der Waals surface area contributed by atoms with Crippen molar-refractivity contribution in [2.75, 3.05) is 17.2 Å². The number of para-hydroxylation sites is 1. The Kier molecular flexibility index (Phi) is 3.87. The molecule has 2 fully saturated rings. The Hall–Kier alpha value is -2.22. The van der Waals surface area contributed by atoms with Crippen molar-refractivity contribution in [2.24, 2.45) is 5.92 Å². The van der Waals surface area contributed by atoms with Gasteiger partial charge in [-0.1, -0.05) is 18.2 Å². The first-order chi connectivity index (χ1) is 11.9. The maximum Gasteiger partial charge on any atom is 0.302 e. The molecular weight excluding hydrogens is 345 g/mol. The minimum Gasteiger partial charge on any atom is -0.296 e. The van der Waals surface area contributed by atoms with E-state index in [0.29, 0.717) is 11.7 Å². The Morgan fingerprint density at radius 1 is 1.20 bits per heavy atom. The van der Waals surface area contributed by atoms with Gasteiger partial charge in [0.25, 0.3) is 0 Å². The molecule has 1 aliphatic heterocycles. The van der Waals surface area contributed by atoms with Crippen LogP contribution in [0.5, 0.6) is 0 Å². The highest BCUT2D eigenvalue weighted by atomic mass is 32.3. The van der Waals surface area contributed by atoms with E-state index in [4.69, 9.17) is 0 Å². The van der Waals surface area contributed by atoms with Crippen LogP contribution in [0.25, 0.3) is 5.69 Å². The van der Waals surface area contributed by atoms with E-state index in [9.17, 15) is 17.1 Å². The van der Waals surface area contributed by atoms with Gasteiger partial charge in [0, 0.05) is 30.9 Å². The number of benzene rings is 1. The SMILES string of the molecule is O=C1CC(CS(=O)(=O)F)CN1c1cc(C2CC2)nn1-c1ccccc1. The summed E-state index contributed by atoms with van der Waals surface area (Å²) in [6.45, 7) is 0.185. The second-order valence-electron chi connectivity index (χ2n) is 6.73. The minimum atomic E-state index is -4.60. The average Bonchev–Trinajstić information content (AvgIpc) is 3.21. The smallest absolute Gasteiger partial charge is 0.296 e. The monoisotopic (exact) mass is 363 g/mol. The summed E-state index contributed by atoms with van der Waals surface area (Å²) in [4.78, 5) is 13.9. The van der Waals surface area contributed by atoms with Gasteiger partial charge in [0.15, 0.2) is 0 Å². The molecule has 132 valence electrons. The molecule has 2 aromatic rings. The Morgan fingerprint density at radius 3 is 2.56 bits per heavy atom. The number of hydrogen-bond acceptors (Lipinski definition) is 4. The lowest BCUT2D eigenvalue weighted by Crippen LogP contribution is -2.27. The Labute approximate surface area is 145 Å². The van der Waals surface area contributed by atoms with Crippen molar-refractivity contribution >= 4 is 21.9 Å². The molecule has 6 nitrogen and oxygen atoms in total. The number of carbonyl (C=O) groups excluding carboxylic acids is 1. The van der Waals surface area contributed by atoms with Crippen LogP contribution in [-0.2, 0) is 15.0 Å². The van der Waals surface area contributed by atoms with E-state index >= 15 is 0 Å². The Balaban J connectivity index is 1.68. The normalized spacial score (nSPS) is 21.1. The topological polar surface area (TPSA) is 72.3 Å². The summed E-state index contributed by atoms with van der Waals surface area (Å²) >= 11 is 0. The van der Waals surface area contributed by atoms with Gasteiger partial charge in [0.2, 0.25) is 5.91 Å². The first-order valence-electron chi connectivity index (χ1n) is 8.29. The number of rotatable bonds is 5. The van der Waals surface area contributed by atoms with Crippen LogP contribution in [0.2, 0.25) is 0 Å². The summed E-state index contributed by atoms with van der Waals surface area (Å²) in [5.41, 5.74) is 1.77. The molecule has 8 heteroatoms. The Bertz CT molecular complexity index is 906. The van der Waals surface area contributed by atoms with Crippen LogP contribution in [0.15, 0.2) is 36.4 Å². The van der Waals surface area contributed by atoms with E-state index in [1.54, 1.807) is 4.68 Å². The predicted octanol–water partition coefficient (Wildman–Crippen LogP) is 2.40. The van der Waals surface area contributed by atoms with Crippen LogP contribution < -0.4 is 4.90 Å². The van der Waals surface area contributed by atoms with Crippen LogP contribution in [-0.4, -0.2) is 36.4 Å². The van der Waals surface area contributed by atoms with Gasteiger partial charge >= 0.3 is 10.2 Å². The average molecular weight is 363 g/mol. The molecule has 1 saturated carbocycles. The van der Waals surface area contributed by atoms with E-state index < -0.39 is 21.9 Å². The molecule has 1 aromatic carbocycles. The quantitative estimate of drug-likeness (QED) is 0.765. The zero-order valence-electron chi connectivity index (χ0n) is 13.5. The first kappa shape index (κ1) is 16.3. The summed E-state index contributed by atoms with van der Waals surface area (Å²) in [6, 6.07) is 11.4. The highest BCUT2D eigenvalue weighted by Crippen LogP contribution is 2.41. The lowest BCUT2D eigenvalue weighted by atomic mass is 10.1. The van der Waals surface area contributed by atoms with Crippen molar-refractivity contribution in [3.05, 3.63) is 42.1 Å². The van der Waals surface area contributed by atoms with E-state index in [-0.39, 0.29) is 18.9 Å². The van der Waals surface area contributed by atoms with E-state index in [1.807, 2.05) is 36.4 Å². The largest absolute Gasteiger partial charge is 0.302 e. The van der Waals surface area contributed by atoms with Gasteiger partial charge in [-0.3, -0.25) is 9.69 Å². The number of halogens is 1. The van der Waals surface area contributed by atoms with Crippen LogP contribution in [0.1, 0.15) is 30.9 Å². The summed E-state index contributed by atoms with van der Waals surface area (Å²) < 4.78 is 36.5. The molecular formula is C17H18FN3O3S. The number of carbonyl (C=O) groups is 1. The zero-order chi connectivity index (χ0) is 17.6. The molecule has 0 bridgehead atoms. The summed E-state index contributed by atoms with van der Waals surface area (Å²) in [5.74, 6) is -0.316. The summed E-state index contributed by atoms with van der Waals surface area (Å²) in [6.07, 6.45) is 2.20. The molecule has 4 rings (SSSR count). The van der Waals surface area contributed by atoms with Gasteiger partial charge in [-0.05, 0) is 25.0 Å². The fraction of sp³-hybridized carbons (Fsp3) is 0.412. The molecule has 1 amide bonds. The fourth-order valence-electron chi connectivity index (χ4n) is 3.32. The second-order valence-corrected chi connectivity index (χ2v) is 8.14. The highest BCUT2D eigenvalue weighted by molar-refractivity contribution is 7.86. The number of aromatic nitrogens is 2. The maximum absolute atomic E-state index is 13.0. The van der Waals surface area contributed by atoms with Gasteiger partial charge in [-0.2, -0.15) is 13.5 Å². The summed E-state index contributed by atoms with van der Waals surface area (Å²) in [5, 5.41) is 4.65. The van der Waals surface area contributed by atoms with E-state index in [0.717, 1.165) is 24.2 Å². The molecule has 1 aliphatic carbocycles. The van der Waals surface area contributed by atoms with Crippen molar-refractivity contribution < 1.29 is 17.1 Å². The second kappa shape index (κ2) is 5.94. The number of anilines is 1. The summed E-state index contributed by atoms with van der Waals surface area (Å²) in [7, 11) is -4.60. The van der Waals surface area contributed by atoms with Crippen molar-refractivity contribution in [1.29, 1.82) is 0 Å². The molecule has 0 radical (unpaired) electrons. The van der Waals surface area contributed by atoms with Crippen LogP contribution in [0.4, 0.5) is 9.70 Å². The third-order valence-electron chi connectivity index (χ3n) is 4.62. The van der Waals surface area contributed by atoms with Crippen molar-refractivity contribution in [2.45, 2.75) is 25.2 Å². The molecule has 0 N–H and O–H groups in total. The van der Waals surface area contributed by atoms with Crippen molar-refractivity contribution in [3.63, 3.8) is 0 Å². The van der Waals surface area contributed by atoms with Crippen LogP contribution in [0, 0.1) is 5.92 Å². The maximum atomic E-state index is 13.0. The minimum absolute atomic E-state index is 0.0296. The first-order valence-corrected chi connectivity index (χ1v) is 9.84. The molecule has 1 saturated heterocycles. The van der Waals surface area contributed by atoms with Gasteiger partial charge in [0.05, 0.1) is 17.1 Å². The molecule has 2 aliphatic rings. The number of amides is 1. The predicted molar refractivity (Wildman–Crippen MR) is 90.9 cm³/mol. The van der Waals surface area contributed by atoms with Crippen LogP contribution in [0.3, 0.4) is 0 Å². The molecule has 1 atom stereocenters. The lowest BCUT2D eigenvalue weighted by Gasteiger charge is -2.18. The third kappa shape index (κ3) is 3.44. The molecule has 1 aromatic heterocycles. The Morgan fingerprint density at radius 2 is 1.92 bits per heavy atom. The molecule has 25 heavy (non-hydrogen) atoms. The van der Waals surface area contributed by atoms with Gasteiger partial charge in [0.1, 0.15) is 5.82 Å². The standard InChI is InChI=1S/C17H18FN3O3S/c18-25(23,24)11-12-8-17(22)20(10-12)16-9-15(13-6-7-13)19-21(16)14-4-2-1-3-5-14/h1-5,9,12-13H,6-8,10-11H2. The van der Waals surface area contributed by atoms with Crippen molar-refractivity contribution in [3.8, 4) is 5.69 Å².